The summed E-state index contributed by atoms with van der Waals surface area (Å²) in [5.41, 5.74) is -0.155. The molecular weight excluding hydrogens is 345 g/mol. The second-order valence-electron chi connectivity index (χ2n) is 7.47. The summed E-state index contributed by atoms with van der Waals surface area (Å²) in [6, 6.07) is 7.49. The number of hydrogen-bond donors (Lipinski definition) is 3. The summed E-state index contributed by atoms with van der Waals surface area (Å²) in [5.74, 6) is 0.664. The Morgan fingerprint density at radius 2 is 2.04 bits per heavy atom. The summed E-state index contributed by atoms with van der Waals surface area (Å²) in [4.78, 5) is 17.9. The highest BCUT2D eigenvalue weighted by Crippen LogP contribution is 2.44. The molecule has 0 spiro atoms. The van der Waals surface area contributed by atoms with Gasteiger partial charge in [-0.3, -0.25) is 0 Å². The normalized spacial score (nSPS) is 25.0. The first kappa shape index (κ1) is 20.4. The third-order valence-corrected chi connectivity index (χ3v) is 5.35. The molecule has 3 N–H and O–H groups in total. The van der Waals surface area contributed by atoms with Crippen LogP contribution in [0.25, 0.3) is 0 Å². The Morgan fingerprint density at radius 1 is 1.32 bits per heavy atom. The van der Waals surface area contributed by atoms with Crippen LogP contribution in [0, 0.1) is 5.92 Å². The van der Waals surface area contributed by atoms with E-state index in [1.54, 1.807) is 7.11 Å². The maximum Gasteiger partial charge on any atom is 0.474 e. The molecule has 7 nitrogen and oxygen atoms in total. The molecule has 1 fully saturated rings. The van der Waals surface area contributed by atoms with E-state index in [1.165, 1.54) is 0 Å². The lowest BCUT2D eigenvalue weighted by Crippen LogP contribution is -2.51. The van der Waals surface area contributed by atoms with Crippen LogP contribution in [-0.2, 0) is 14.7 Å². The van der Waals surface area contributed by atoms with E-state index in [9.17, 15) is 9.67 Å². The minimum Gasteiger partial charge on any atom is -0.497 e. The van der Waals surface area contributed by atoms with Gasteiger partial charge in [0.2, 0.25) is 0 Å². The molecule has 0 aromatic heterocycles. The second kappa shape index (κ2) is 7.74. The van der Waals surface area contributed by atoms with E-state index in [1.807, 2.05) is 38.4 Å². The van der Waals surface area contributed by atoms with Crippen LogP contribution in [0.15, 0.2) is 24.3 Å². The Hall–Kier alpha value is -0.950. The quantitative estimate of drug-likeness (QED) is 0.385. The SMILES string of the molecule is COc1cccc([C@@]2(O)CCCC[C@@H]2C[N+](C)(C)COP(=O)(O)O)c1. The van der Waals surface area contributed by atoms with Crippen molar-refractivity contribution in [2.45, 2.75) is 31.3 Å². The maximum absolute atomic E-state index is 11.5. The van der Waals surface area contributed by atoms with Gasteiger partial charge in [0.15, 0.2) is 6.73 Å². The zero-order valence-corrected chi connectivity index (χ0v) is 16.0. The Morgan fingerprint density at radius 3 is 2.68 bits per heavy atom. The summed E-state index contributed by atoms with van der Waals surface area (Å²) in [6.07, 6.45) is 3.47. The Balaban J connectivity index is 2.20. The fraction of sp³-hybridized carbons (Fsp3) is 0.647. The van der Waals surface area contributed by atoms with Crippen LogP contribution >= 0.6 is 7.82 Å². The number of phosphoric ester groups is 1. The number of rotatable bonds is 7. The van der Waals surface area contributed by atoms with Crippen LogP contribution in [0.4, 0.5) is 0 Å². The van der Waals surface area contributed by atoms with E-state index in [2.05, 4.69) is 4.52 Å². The summed E-state index contributed by atoms with van der Waals surface area (Å²) in [6.45, 7) is 0.433. The lowest BCUT2D eigenvalue weighted by molar-refractivity contribution is -0.910. The number of aliphatic hydroxyl groups is 1. The van der Waals surface area contributed by atoms with Gasteiger partial charge in [0.1, 0.15) is 5.75 Å². The number of nitrogens with zero attached hydrogens (tertiary/aromatic N) is 1. The van der Waals surface area contributed by atoms with Gasteiger partial charge < -0.3 is 24.1 Å². The third kappa shape index (κ3) is 5.51. The van der Waals surface area contributed by atoms with Crippen molar-refractivity contribution in [2.24, 2.45) is 5.92 Å². The molecule has 1 aliphatic carbocycles. The summed E-state index contributed by atoms with van der Waals surface area (Å²) < 4.78 is 21.2. The predicted octanol–water partition coefficient (Wildman–Crippen LogP) is 2.22. The zero-order valence-electron chi connectivity index (χ0n) is 15.1. The number of benzene rings is 1. The first-order valence-electron chi connectivity index (χ1n) is 8.45. The highest BCUT2D eigenvalue weighted by Gasteiger charge is 2.44. The van der Waals surface area contributed by atoms with E-state index in [4.69, 9.17) is 14.5 Å². The van der Waals surface area contributed by atoms with Crippen molar-refractivity contribution < 1.29 is 33.2 Å². The van der Waals surface area contributed by atoms with E-state index in [0.29, 0.717) is 18.7 Å². The molecule has 0 heterocycles. The molecule has 0 amide bonds. The topological polar surface area (TPSA) is 96.2 Å². The molecule has 0 radical (unpaired) electrons. The standard InChI is InChI=1S/C17H28NO6P/c1-18(2,13-24-25(20,21)22)12-15-7-4-5-10-17(15,19)14-8-6-9-16(11-14)23-3/h6,8-9,11,15,19H,4-5,7,10,12-13H2,1-3H3,(H-,20,21,22)/p+1/t15-,17+/m1/s1. The van der Waals surface area contributed by atoms with Crippen LogP contribution < -0.4 is 4.74 Å². The molecule has 1 saturated carbocycles. The van der Waals surface area contributed by atoms with Crippen molar-refractivity contribution in [1.29, 1.82) is 0 Å². The fourth-order valence-electron chi connectivity index (χ4n) is 3.62. The van der Waals surface area contributed by atoms with Crippen LogP contribution in [0.5, 0.6) is 5.75 Å². The molecule has 25 heavy (non-hydrogen) atoms. The Labute approximate surface area is 149 Å². The van der Waals surface area contributed by atoms with Crippen molar-refractivity contribution in [2.75, 3.05) is 34.5 Å². The molecule has 142 valence electrons. The lowest BCUT2D eigenvalue weighted by Gasteiger charge is -2.44. The molecule has 0 bridgehead atoms. The number of methoxy groups -OCH3 is 1. The van der Waals surface area contributed by atoms with Gasteiger partial charge in [0.05, 0.1) is 33.4 Å². The number of quaternary nitrogens is 1. The van der Waals surface area contributed by atoms with E-state index < -0.39 is 13.4 Å². The highest BCUT2D eigenvalue weighted by atomic mass is 31.2. The van der Waals surface area contributed by atoms with Crippen molar-refractivity contribution in [3.63, 3.8) is 0 Å². The second-order valence-corrected chi connectivity index (χ2v) is 8.71. The van der Waals surface area contributed by atoms with Gasteiger partial charge in [-0.15, -0.1) is 0 Å². The van der Waals surface area contributed by atoms with Crippen molar-refractivity contribution in [3.05, 3.63) is 29.8 Å². The summed E-state index contributed by atoms with van der Waals surface area (Å²) >= 11 is 0. The van der Waals surface area contributed by atoms with E-state index in [-0.39, 0.29) is 17.1 Å². The van der Waals surface area contributed by atoms with Gasteiger partial charge in [0.25, 0.3) is 0 Å². The number of ether oxygens (including phenoxy) is 1. The van der Waals surface area contributed by atoms with E-state index in [0.717, 1.165) is 24.8 Å². The average Bonchev–Trinajstić information content (AvgIpc) is 2.55. The van der Waals surface area contributed by atoms with Crippen LogP contribution in [-0.4, -0.2) is 53.9 Å². The molecule has 0 unspecified atom stereocenters. The fourth-order valence-corrected chi connectivity index (χ4v) is 4.09. The van der Waals surface area contributed by atoms with Crippen LogP contribution in [0.1, 0.15) is 31.2 Å². The molecule has 1 aromatic carbocycles. The Bertz CT molecular complexity index is 631. The molecular formula is C17H29NO6P+. The van der Waals surface area contributed by atoms with Gasteiger partial charge >= 0.3 is 7.82 Å². The molecule has 2 atom stereocenters. The molecule has 0 saturated heterocycles. The van der Waals surface area contributed by atoms with Crippen LogP contribution in [0.3, 0.4) is 0 Å². The number of hydrogen-bond acceptors (Lipinski definition) is 4. The minimum absolute atomic E-state index is 0.0382. The molecule has 1 aromatic rings. The number of phosphoric acid groups is 1. The lowest BCUT2D eigenvalue weighted by atomic mass is 9.71. The van der Waals surface area contributed by atoms with Crippen LogP contribution in [0.2, 0.25) is 0 Å². The first-order valence-corrected chi connectivity index (χ1v) is 9.98. The van der Waals surface area contributed by atoms with Gasteiger partial charge in [-0.1, -0.05) is 25.0 Å². The molecule has 2 rings (SSSR count). The van der Waals surface area contributed by atoms with Gasteiger partial charge in [-0.2, -0.15) is 0 Å². The summed E-state index contributed by atoms with van der Waals surface area (Å²) in [7, 11) is 0.774. The predicted molar refractivity (Wildman–Crippen MR) is 93.8 cm³/mol. The first-order chi connectivity index (χ1) is 11.6. The Kier molecular flexibility index (Phi) is 6.30. The van der Waals surface area contributed by atoms with Crippen molar-refractivity contribution >= 4 is 7.82 Å². The minimum atomic E-state index is -4.51. The largest absolute Gasteiger partial charge is 0.497 e. The van der Waals surface area contributed by atoms with Gasteiger partial charge in [0, 0.05) is 5.92 Å². The van der Waals surface area contributed by atoms with Crippen molar-refractivity contribution in [1.82, 2.24) is 0 Å². The van der Waals surface area contributed by atoms with Gasteiger partial charge in [-0.25, -0.2) is 9.09 Å². The molecule has 8 heteroatoms. The average molecular weight is 374 g/mol. The molecule has 1 aliphatic rings. The zero-order chi connectivity index (χ0) is 18.7. The van der Waals surface area contributed by atoms with Crippen molar-refractivity contribution in [3.8, 4) is 5.75 Å². The summed E-state index contributed by atoms with van der Waals surface area (Å²) in [5, 5.41) is 11.5. The smallest absolute Gasteiger partial charge is 0.474 e. The maximum atomic E-state index is 11.5. The highest BCUT2D eigenvalue weighted by molar-refractivity contribution is 7.46. The van der Waals surface area contributed by atoms with Gasteiger partial charge in [-0.05, 0) is 30.5 Å². The molecule has 0 aliphatic heterocycles. The third-order valence-electron chi connectivity index (χ3n) is 4.90. The monoisotopic (exact) mass is 374 g/mol. The van der Waals surface area contributed by atoms with E-state index >= 15 is 0 Å².